The van der Waals surface area contributed by atoms with E-state index in [1.54, 1.807) is 0 Å². The molecular weight excluding hydrogens is 337 g/mol. The molecule has 0 saturated heterocycles. The van der Waals surface area contributed by atoms with Gasteiger partial charge in [0.1, 0.15) is 0 Å². The third-order valence-corrected chi connectivity index (χ3v) is 3.54. The summed E-state index contributed by atoms with van der Waals surface area (Å²) in [5.74, 6) is 0. The zero-order valence-corrected chi connectivity index (χ0v) is 14.2. The Morgan fingerprint density at radius 3 is 1.76 bits per heavy atom. The number of hydrogen-bond donors (Lipinski definition) is 0. The Morgan fingerprint density at radius 2 is 1.33 bits per heavy atom. The molecule has 0 fully saturated rings. The number of halogens is 6. The fraction of sp³-hybridized carbons (Fsp3) is 1.00. The second-order valence-electron chi connectivity index (χ2n) is 4.41. The van der Waals surface area contributed by atoms with Crippen LogP contribution in [0.4, 0.5) is 26.3 Å². The van der Waals surface area contributed by atoms with E-state index in [0.717, 1.165) is 0 Å². The van der Waals surface area contributed by atoms with Crippen molar-refractivity contribution in [2.45, 2.75) is 62.5 Å². The van der Waals surface area contributed by atoms with E-state index in [4.69, 9.17) is 0 Å². The molecule has 0 aliphatic carbocycles. The normalized spacial score (nSPS) is 14.6. The van der Waals surface area contributed by atoms with E-state index >= 15 is 0 Å². The molecule has 0 saturated carbocycles. The minimum Gasteiger partial charge on any atom is -0.743 e. The van der Waals surface area contributed by atoms with Crippen molar-refractivity contribution in [2.24, 2.45) is 0 Å². The van der Waals surface area contributed by atoms with Gasteiger partial charge in [-0.05, 0) is 12.8 Å². The van der Waals surface area contributed by atoms with Crippen LogP contribution in [0.25, 0.3) is 0 Å². The standard InChI is InChI=1S/C10H16F6O3S.Na/c11-8(10(15,16)20(17,18)19)6-4-2-1-3-5-7-9(12,13)14;/h8H,1-7H2,(H,17,18,19);/q;+1/p-1. The molecule has 0 aliphatic heterocycles. The molecule has 0 aromatic carbocycles. The molecule has 0 heterocycles. The van der Waals surface area contributed by atoms with Crippen molar-refractivity contribution in [2.75, 3.05) is 0 Å². The average Bonchev–Trinajstić information content (AvgIpc) is 2.24. The molecule has 0 radical (unpaired) electrons. The molecule has 1 unspecified atom stereocenters. The maximum Gasteiger partial charge on any atom is 1.00 e. The van der Waals surface area contributed by atoms with Gasteiger partial charge in [-0.2, -0.15) is 22.0 Å². The van der Waals surface area contributed by atoms with Gasteiger partial charge in [0.05, 0.1) is 0 Å². The summed E-state index contributed by atoms with van der Waals surface area (Å²) in [4.78, 5) is 0. The van der Waals surface area contributed by atoms with Crippen molar-refractivity contribution < 1.29 is 68.9 Å². The van der Waals surface area contributed by atoms with Crippen LogP contribution in [0.15, 0.2) is 0 Å². The molecule has 122 valence electrons. The van der Waals surface area contributed by atoms with Crippen LogP contribution < -0.4 is 29.6 Å². The van der Waals surface area contributed by atoms with E-state index in [1.807, 2.05) is 0 Å². The van der Waals surface area contributed by atoms with Crippen molar-refractivity contribution in [1.29, 1.82) is 0 Å². The molecule has 3 nitrogen and oxygen atoms in total. The van der Waals surface area contributed by atoms with Crippen LogP contribution in [0, 0.1) is 0 Å². The number of alkyl halides is 6. The third-order valence-electron chi connectivity index (χ3n) is 2.62. The van der Waals surface area contributed by atoms with E-state index in [9.17, 15) is 39.3 Å². The van der Waals surface area contributed by atoms with E-state index < -0.39 is 40.6 Å². The predicted octanol–water partition coefficient (Wildman–Crippen LogP) is 0.759. The van der Waals surface area contributed by atoms with Gasteiger partial charge in [-0.3, -0.25) is 0 Å². The van der Waals surface area contributed by atoms with Crippen LogP contribution in [0.1, 0.15) is 44.9 Å². The Kier molecular flexibility index (Phi) is 10.8. The molecule has 0 aromatic rings. The van der Waals surface area contributed by atoms with Crippen LogP contribution >= 0.6 is 0 Å². The summed E-state index contributed by atoms with van der Waals surface area (Å²) in [5, 5.41) is -4.97. The smallest absolute Gasteiger partial charge is 0.743 e. The molecule has 1 atom stereocenters. The summed E-state index contributed by atoms with van der Waals surface area (Å²) in [6.07, 6.45) is -8.64. The fourth-order valence-corrected chi connectivity index (χ4v) is 1.94. The van der Waals surface area contributed by atoms with Crippen molar-refractivity contribution in [3.05, 3.63) is 0 Å². The fourth-order valence-electron chi connectivity index (χ4n) is 1.50. The zero-order chi connectivity index (χ0) is 16.0. The Labute approximate surface area is 141 Å². The Bertz CT molecular complexity index is 385. The van der Waals surface area contributed by atoms with Crippen LogP contribution in [0.5, 0.6) is 0 Å². The predicted molar refractivity (Wildman–Crippen MR) is 57.9 cm³/mol. The molecule has 0 aromatic heterocycles. The quantitative estimate of drug-likeness (QED) is 0.266. The Balaban J connectivity index is 0. The van der Waals surface area contributed by atoms with Gasteiger partial charge in [0.2, 0.25) is 0 Å². The molecular formula is C10H15F6NaO3S. The number of rotatable bonds is 9. The second kappa shape index (κ2) is 9.59. The van der Waals surface area contributed by atoms with Gasteiger partial charge in [0, 0.05) is 6.42 Å². The van der Waals surface area contributed by atoms with Gasteiger partial charge in [0.25, 0.3) is 0 Å². The summed E-state index contributed by atoms with van der Waals surface area (Å²) >= 11 is 0. The first-order valence-electron chi connectivity index (χ1n) is 5.92. The van der Waals surface area contributed by atoms with Crippen LogP contribution in [0.2, 0.25) is 0 Å². The van der Waals surface area contributed by atoms with Crippen LogP contribution in [0.3, 0.4) is 0 Å². The van der Waals surface area contributed by atoms with Gasteiger partial charge in [-0.25, -0.2) is 12.8 Å². The number of unbranched alkanes of at least 4 members (excludes halogenated alkanes) is 4. The molecule has 0 bridgehead atoms. The molecule has 0 N–H and O–H groups in total. The van der Waals surface area contributed by atoms with Crippen molar-refractivity contribution in [1.82, 2.24) is 0 Å². The van der Waals surface area contributed by atoms with Crippen molar-refractivity contribution in [3.63, 3.8) is 0 Å². The van der Waals surface area contributed by atoms with Gasteiger partial charge in [0.15, 0.2) is 16.3 Å². The summed E-state index contributed by atoms with van der Waals surface area (Å²) in [6, 6.07) is 0. The molecule has 21 heavy (non-hydrogen) atoms. The minimum absolute atomic E-state index is 0. The first-order chi connectivity index (χ1) is 8.88. The Morgan fingerprint density at radius 1 is 0.905 bits per heavy atom. The van der Waals surface area contributed by atoms with E-state index in [-0.39, 0.29) is 55.2 Å². The molecule has 11 heteroatoms. The summed E-state index contributed by atoms with van der Waals surface area (Å²) in [7, 11) is -6.05. The summed E-state index contributed by atoms with van der Waals surface area (Å²) < 4.78 is 104. The van der Waals surface area contributed by atoms with Crippen molar-refractivity contribution in [3.8, 4) is 0 Å². The Hall–Kier alpha value is 0.490. The average molecular weight is 352 g/mol. The molecule has 0 aliphatic rings. The maximum atomic E-state index is 12.9. The van der Waals surface area contributed by atoms with Crippen LogP contribution in [-0.2, 0) is 10.1 Å². The third kappa shape index (κ3) is 9.98. The van der Waals surface area contributed by atoms with E-state index in [2.05, 4.69) is 0 Å². The first-order valence-corrected chi connectivity index (χ1v) is 7.33. The van der Waals surface area contributed by atoms with Gasteiger partial charge in [-0.1, -0.05) is 25.7 Å². The zero-order valence-electron chi connectivity index (χ0n) is 11.4. The number of hydrogen-bond acceptors (Lipinski definition) is 3. The SMILES string of the molecule is O=S(=O)([O-])C(F)(F)C(F)CCCCCCCC(F)(F)F.[Na+]. The van der Waals surface area contributed by atoms with Crippen LogP contribution in [-0.4, -0.2) is 30.6 Å². The summed E-state index contributed by atoms with van der Waals surface area (Å²) in [5.41, 5.74) is 0. The van der Waals surface area contributed by atoms with Gasteiger partial charge in [-0.15, -0.1) is 0 Å². The largest absolute Gasteiger partial charge is 1.00 e. The second-order valence-corrected chi connectivity index (χ2v) is 5.86. The molecule has 0 rings (SSSR count). The monoisotopic (exact) mass is 352 g/mol. The minimum atomic E-state index is -6.05. The van der Waals surface area contributed by atoms with E-state index in [1.165, 1.54) is 0 Å². The first kappa shape index (κ1) is 23.8. The van der Waals surface area contributed by atoms with E-state index in [0.29, 0.717) is 6.42 Å². The van der Waals surface area contributed by atoms with Crippen molar-refractivity contribution >= 4 is 10.1 Å². The molecule has 0 amide bonds. The topological polar surface area (TPSA) is 57.2 Å². The molecule has 0 spiro atoms. The van der Waals surface area contributed by atoms with Gasteiger partial charge >= 0.3 is 41.0 Å². The van der Waals surface area contributed by atoms with Gasteiger partial charge < -0.3 is 4.55 Å². The maximum absolute atomic E-state index is 12.9. The summed E-state index contributed by atoms with van der Waals surface area (Å²) in [6.45, 7) is 0.